The number of nitrogens with zero attached hydrogens (tertiary/aromatic N) is 1. The van der Waals surface area contributed by atoms with Crippen LogP contribution in [-0.4, -0.2) is 49.7 Å². The second kappa shape index (κ2) is 7.31. The third kappa shape index (κ3) is 3.37. The van der Waals surface area contributed by atoms with Crippen molar-refractivity contribution in [1.82, 2.24) is 10.2 Å². The predicted molar refractivity (Wildman–Crippen MR) is 74.1 cm³/mol. The van der Waals surface area contributed by atoms with E-state index in [-0.39, 0.29) is 18.3 Å². The number of hydrogen-bond donors (Lipinski definition) is 1. The lowest BCUT2D eigenvalue weighted by Gasteiger charge is -2.38. The molecule has 2 aliphatic heterocycles. The van der Waals surface area contributed by atoms with Gasteiger partial charge < -0.3 is 15.0 Å². The van der Waals surface area contributed by atoms with Crippen LogP contribution in [0.3, 0.4) is 0 Å². The molecule has 2 heterocycles. The molecule has 1 N–H and O–H groups in total. The minimum atomic E-state index is -0.546. The first-order chi connectivity index (χ1) is 8.28. The van der Waals surface area contributed by atoms with Gasteiger partial charge in [-0.1, -0.05) is 12.8 Å². The summed E-state index contributed by atoms with van der Waals surface area (Å²) in [5, 5.41) is 3.29. The molecule has 18 heavy (non-hydrogen) atoms. The Balaban J connectivity index is 0.00000162. The van der Waals surface area contributed by atoms with E-state index in [2.05, 4.69) is 5.32 Å². The first kappa shape index (κ1) is 15.7. The van der Waals surface area contributed by atoms with Crippen LogP contribution in [0.4, 0.5) is 0 Å². The van der Waals surface area contributed by atoms with Crippen molar-refractivity contribution in [1.29, 1.82) is 0 Å². The number of amides is 1. The van der Waals surface area contributed by atoms with Gasteiger partial charge in [0, 0.05) is 20.2 Å². The Morgan fingerprint density at radius 2 is 1.67 bits per heavy atom. The highest BCUT2D eigenvalue weighted by Crippen LogP contribution is 2.26. The number of ether oxygens (including phenoxy) is 1. The van der Waals surface area contributed by atoms with E-state index in [1.807, 2.05) is 4.90 Å². The van der Waals surface area contributed by atoms with Crippen LogP contribution in [0.2, 0.25) is 0 Å². The zero-order valence-corrected chi connectivity index (χ0v) is 12.1. The van der Waals surface area contributed by atoms with Crippen LogP contribution in [-0.2, 0) is 9.53 Å². The molecule has 2 aliphatic rings. The Bertz CT molecular complexity index is 260. The molecule has 0 radical (unpaired) electrons. The molecular weight excluding hydrogens is 252 g/mol. The number of hydrogen-bond acceptors (Lipinski definition) is 3. The number of likely N-dealkylation sites (tertiary alicyclic amines) is 1. The van der Waals surface area contributed by atoms with Gasteiger partial charge in [0.15, 0.2) is 0 Å². The number of piperidine rings is 1. The summed E-state index contributed by atoms with van der Waals surface area (Å²) in [4.78, 5) is 14.7. The molecule has 106 valence electrons. The summed E-state index contributed by atoms with van der Waals surface area (Å²) in [5.41, 5.74) is -0.546. The SMILES string of the molecule is COC1(C(=O)N2CCCCCC2)CCNCC1.Cl. The minimum Gasteiger partial charge on any atom is -0.368 e. The minimum absolute atomic E-state index is 0. The fourth-order valence-electron chi connectivity index (χ4n) is 2.90. The molecule has 0 atom stereocenters. The standard InChI is InChI=1S/C13H24N2O2.ClH/c1-17-13(6-8-14-9-7-13)12(16)15-10-4-2-3-5-11-15;/h14H,2-11H2,1H3;1H. The molecule has 5 heteroatoms. The van der Waals surface area contributed by atoms with Gasteiger partial charge in [-0.3, -0.25) is 4.79 Å². The molecule has 0 aliphatic carbocycles. The lowest BCUT2D eigenvalue weighted by Crippen LogP contribution is -2.55. The molecule has 1 amide bonds. The zero-order valence-electron chi connectivity index (χ0n) is 11.2. The molecule has 2 fully saturated rings. The van der Waals surface area contributed by atoms with E-state index in [1.54, 1.807) is 7.11 Å². The fourth-order valence-corrected chi connectivity index (χ4v) is 2.90. The third-order valence-electron chi connectivity index (χ3n) is 4.09. The number of nitrogens with one attached hydrogen (secondary N) is 1. The molecule has 2 saturated heterocycles. The summed E-state index contributed by atoms with van der Waals surface area (Å²) in [6, 6.07) is 0. The van der Waals surface area contributed by atoms with Crippen LogP contribution in [0.25, 0.3) is 0 Å². The van der Waals surface area contributed by atoms with Gasteiger partial charge in [0.2, 0.25) is 0 Å². The number of halogens is 1. The van der Waals surface area contributed by atoms with Crippen LogP contribution in [0, 0.1) is 0 Å². The summed E-state index contributed by atoms with van der Waals surface area (Å²) in [6.07, 6.45) is 6.40. The van der Waals surface area contributed by atoms with Gasteiger partial charge in [-0.25, -0.2) is 0 Å². The van der Waals surface area contributed by atoms with Crippen molar-refractivity contribution in [2.75, 3.05) is 33.3 Å². The monoisotopic (exact) mass is 276 g/mol. The summed E-state index contributed by atoms with van der Waals surface area (Å²) >= 11 is 0. The van der Waals surface area contributed by atoms with Crippen LogP contribution >= 0.6 is 12.4 Å². The second-order valence-electron chi connectivity index (χ2n) is 5.15. The number of methoxy groups -OCH3 is 1. The van der Waals surface area contributed by atoms with E-state index in [0.29, 0.717) is 0 Å². The Hall–Kier alpha value is -0.320. The van der Waals surface area contributed by atoms with Crippen molar-refractivity contribution in [3.63, 3.8) is 0 Å². The van der Waals surface area contributed by atoms with Gasteiger partial charge in [-0.05, 0) is 38.8 Å². The normalized spacial score (nSPS) is 23.9. The molecule has 0 bridgehead atoms. The first-order valence-electron chi connectivity index (χ1n) is 6.84. The van der Waals surface area contributed by atoms with Crippen molar-refractivity contribution in [3.8, 4) is 0 Å². The molecule has 0 aromatic heterocycles. The molecule has 0 aromatic carbocycles. The van der Waals surface area contributed by atoms with E-state index in [9.17, 15) is 4.79 Å². The third-order valence-corrected chi connectivity index (χ3v) is 4.09. The van der Waals surface area contributed by atoms with Gasteiger partial charge >= 0.3 is 0 Å². The van der Waals surface area contributed by atoms with Gasteiger partial charge in [0.1, 0.15) is 5.60 Å². The maximum atomic E-state index is 12.6. The fraction of sp³-hybridized carbons (Fsp3) is 0.923. The molecular formula is C13H25ClN2O2. The summed E-state index contributed by atoms with van der Waals surface area (Å²) in [7, 11) is 1.68. The van der Waals surface area contributed by atoms with Crippen molar-refractivity contribution in [2.24, 2.45) is 0 Å². The molecule has 0 aromatic rings. The van der Waals surface area contributed by atoms with Crippen molar-refractivity contribution in [2.45, 2.75) is 44.1 Å². The Morgan fingerprint density at radius 3 is 2.17 bits per heavy atom. The van der Waals surface area contributed by atoms with E-state index >= 15 is 0 Å². The molecule has 4 nitrogen and oxygen atoms in total. The highest BCUT2D eigenvalue weighted by molar-refractivity contribution is 5.85. The van der Waals surface area contributed by atoms with Crippen LogP contribution in [0.5, 0.6) is 0 Å². The van der Waals surface area contributed by atoms with Gasteiger partial charge in [0.05, 0.1) is 0 Å². The van der Waals surface area contributed by atoms with E-state index < -0.39 is 5.60 Å². The molecule has 0 saturated carbocycles. The highest BCUT2D eigenvalue weighted by atomic mass is 35.5. The van der Waals surface area contributed by atoms with E-state index in [4.69, 9.17) is 4.74 Å². The smallest absolute Gasteiger partial charge is 0.254 e. The van der Waals surface area contributed by atoms with Crippen LogP contribution in [0.15, 0.2) is 0 Å². The summed E-state index contributed by atoms with van der Waals surface area (Å²) in [6.45, 7) is 3.59. The topological polar surface area (TPSA) is 41.6 Å². The largest absolute Gasteiger partial charge is 0.368 e. The highest BCUT2D eigenvalue weighted by Gasteiger charge is 2.42. The number of carbonyl (C=O) groups excluding carboxylic acids is 1. The van der Waals surface area contributed by atoms with E-state index in [1.165, 1.54) is 12.8 Å². The van der Waals surface area contributed by atoms with Crippen LogP contribution in [0.1, 0.15) is 38.5 Å². The van der Waals surface area contributed by atoms with Crippen molar-refractivity contribution < 1.29 is 9.53 Å². The predicted octanol–water partition coefficient (Wildman–Crippen LogP) is 1.58. The zero-order chi connectivity index (χ0) is 12.1. The maximum absolute atomic E-state index is 12.6. The van der Waals surface area contributed by atoms with Crippen LogP contribution < -0.4 is 5.32 Å². The number of rotatable bonds is 2. The van der Waals surface area contributed by atoms with Gasteiger partial charge in [-0.2, -0.15) is 0 Å². The van der Waals surface area contributed by atoms with Gasteiger partial charge in [0.25, 0.3) is 5.91 Å². The van der Waals surface area contributed by atoms with Crippen molar-refractivity contribution in [3.05, 3.63) is 0 Å². The lowest BCUT2D eigenvalue weighted by atomic mass is 9.90. The first-order valence-corrected chi connectivity index (χ1v) is 6.84. The molecule has 0 unspecified atom stereocenters. The average Bonchev–Trinajstić information content (AvgIpc) is 2.67. The summed E-state index contributed by atoms with van der Waals surface area (Å²) in [5.74, 6) is 0.225. The Kier molecular flexibility index (Phi) is 6.39. The number of carbonyl (C=O) groups is 1. The second-order valence-corrected chi connectivity index (χ2v) is 5.15. The Labute approximate surface area is 116 Å². The van der Waals surface area contributed by atoms with Crippen molar-refractivity contribution >= 4 is 18.3 Å². The molecule has 2 rings (SSSR count). The maximum Gasteiger partial charge on any atom is 0.254 e. The molecule has 0 spiro atoms. The Morgan fingerprint density at radius 1 is 1.11 bits per heavy atom. The average molecular weight is 277 g/mol. The quantitative estimate of drug-likeness (QED) is 0.833. The van der Waals surface area contributed by atoms with E-state index in [0.717, 1.165) is 51.9 Å². The lowest BCUT2D eigenvalue weighted by molar-refractivity contribution is -0.158. The van der Waals surface area contributed by atoms with Gasteiger partial charge in [-0.15, -0.1) is 12.4 Å². The summed E-state index contributed by atoms with van der Waals surface area (Å²) < 4.78 is 5.60.